The number of nitriles is 1. The number of ketones is 1. The maximum atomic E-state index is 14.1. The topological polar surface area (TPSA) is 101 Å². The molecule has 1 N–H and O–H groups in total. The first-order valence-electron chi connectivity index (χ1n) is 14.2. The summed E-state index contributed by atoms with van der Waals surface area (Å²) >= 11 is 7.87. The van der Waals surface area contributed by atoms with Crippen LogP contribution in [0.25, 0.3) is 16.5 Å². The van der Waals surface area contributed by atoms with Crippen LogP contribution in [0, 0.1) is 41.5 Å². The van der Waals surface area contributed by atoms with Crippen LogP contribution in [0.5, 0.6) is 0 Å². The van der Waals surface area contributed by atoms with Crippen molar-refractivity contribution < 1.29 is 9.18 Å². The van der Waals surface area contributed by atoms with E-state index in [9.17, 15) is 19.2 Å². The van der Waals surface area contributed by atoms with E-state index in [1.165, 1.54) is 15.9 Å². The van der Waals surface area contributed by atoms with Gasteiger partial charge in [0.25, 0.3) is 5.56 Å². The molecule has 3 aromatic heterocycles. The second-order valence-electron chi connectivity index (χ2n) is 11.9. The number of hydrogen-bond acceptors (Lipinski definition) is 7. The SMILES string of the molecule is CC(C)(C)C.CCCC(=O)c1csc2c1NCC=C2c1cc(Cl)ccc1C#CCn1c(C)nc2cnc(F)c(C#N)c2c1=O. The van der Waals surface area contributed by atoms with E-state index in [2.05, 4.69) is 54.8 Å². The molecule has 0 saturated heterocycles. The van der Waals surface area contributed by atoms with Gasteiger partial charge in [-0.2, -0.15) is 9.65 Å². The number of fused-ring (bicyclic) bond motifs is 2. The van der Waals surface area contributed by atoms with Crippen LogP contribution in [-0.2, 0) is 6.54 Å². The molecule has 10 heteroatoms. The van der Waals surface area contributed by atoms with Gasteiger partial charge in [-0.1, -0.05) is 64.1 Å². The lowest BCUT2D eigenvalue weighted by Crippen LogP contribution is -2.24. The molecule has 0 saturated carbocycles. The van der Waals surface area contributed by atoms with Gasteiger partial charge in [0.2, 0.25) is 5.95 Å². The lowest BCUT2D eigenvalue weighted by atomic mass is 9.94. The number of carbonyl (C=O) groups excluding carboxylic acids is 1. The minimum atomic E-state index is -1.01. The number of rotatable bonds is 5. The van der Waals surface area contributed by atoms with Gasteiger partial charge in [0.05, 0.1) is 39.8 Å². The average molecular weight is 630 g/mol. The first-order valence-corrected chi connectivity index (χ1v) is 15.4. The quantitative estimate of drug-likeness (QED) is 0.137. The van der Waals surface area contributed by atoms with Crippen molar-refractivity contribution in [3.05, 3.63) is 90.1 Å². The van der Waals surface area contributed by atoms with Crippen LogP contribution < -0.4 is 10.9 Å². The van der Waals surface area contributed by atoms with Gasteiger partial charge in [0.1, 0.15) is 17.5 Å². The summed E-state index contributed by atoms with van der Waals surface area (Å²) in [4.78, 5) is 34.6. The van der Waals surface area contributed by atoms with E-state index in [1.807, 2.05) is 30.5 Å². The molecule has 4 aromatic rings. The highest BCUT2D eigenvalue weighted by Gasteiger charge is 2.24. The van der Waals surface area contributed by atoms with Crippen LogP contribution >= 0.6 is 22.9 Å². The summed E-state index contributed by atoms with van der Waals surface area (Å²) in [5, 5.41) is 15.0. The molecule has 44 heavy (non-hydrogen) atoms. The van der Waals surface area contributed by atoms with Crippen molar-refractivity contribution in [1.29, 1.82) is 5.26 Å². The molecule has 0 atom stereocenters. The maximum Gasteiger partial charge on any atom is 0.263 e. The summed E-state index contributed by atoms with van der Waals surface area (Å²) < 4.78 is 15.4. The van der Waals surface area contributed by atoms with Crippen LogP contribution in [0.3, 0.4) is 0 Å². The van der Waals surface area contributed by atoms with E-state index in [0.717, 1.165) is 34.3 Å². The van der Waals surface area contributed by atoms with Crippen molar-refractivity contribution in [2.75, 3.05) is 11.9 Å². The molecule has 1 aliphatic heterocycles. The molecule has 0 unspecified atom stereocenters. The summed E-state index contributed by atoms with van der Waals surface area (Å²) in [6.07, 6.45) is 4.44. The van der Waals surface area contributed by atoms with E-state index in [1.54, 1.807) is 19.1 Å². The third kappa shape index (κ3) is 7.24. The van der Waals surface area contributed by atoms with E-state index in [0.29, 0.717) is 40.4 Å². The zero-order valence-corrected chi connectivity index (χ0v) is 27.1. The zero-order chi connectivity index (χ0) is 32.2. The number of pyridine rings is 1. The minimum Gasteiger partial charge on any atom is -0.380 e. The molecule has 0 amide bonds. The fourth-order valence-electron chi connectivity index (χ4n) is 4.53. The van der Waals surface area contributed by atoms with Gasteiger partial charge >= 0.3 is 0 Å². The predicted octanol–water partition coefficient (Wildman–Crippen LogP) is 7.77. The highest BCUT2D eigenvalue weighted by Crippen LogP contribution is 2.41. The number of anilines is 1. The monoisotopic (exact) mass is 629 g/mol. The van der Waals surface area contributed by atoms with Crippen molar-refractivity contribution in [3.63, 3.8) is 0 Å². The van der Waals surface area contributed by atoms with Gasteiger partial charge in [0, 0.05) is 40.1 Å². The maximum absolute atomic E-state index is 14.1. The standard InChI is InChI=1S/C29H21ClFN5O2S.C5H12/c1-3-5-24(37)22-15-39-27-19(9-10-33-26(22)27)20-12-18(30)8-7-17(20)6-4-11-36-16(2)35-23-14-34-28(31)21(13-32)25(23)29(36)38;1-5(2,3)4/h7-9,12,14-15,33H,3,5,10-11H2,1-2H3;1-4H3. The van der Waals surface area contributed by atoms with Crippen molar-refractivity contribution >= 4 is 50.9 Å². The zero-order valence-electron chi connectivity index (χ0n) is 25.6. The Morgan fingerprint density at radius 1 is 1.27 bits per heavy atom. The molecule has 5 rings (SSSR count). The number of nitrogens with zero attached hydrogens (tertiary/aromatic N) is 4. The molecule has 7 nitrogen and oxygen atoms in total. The van der Waals surface area contributed by atoms with Gasteiger partial charge in [-0.3, -0.25) is 14.2 Å². The second-order valence-corrected chi connectivity index (χ2v) is 13.2. The second kappa shape index (κ2) is 13.5. The van der Waals surface area contributed by atoms with Crippen molar-refractivity contribution in [3.8, 4) is 17.9 Å². The number of halogens is 2. The number of hydrogen-bond donors (Lipinski definition) is 1. The third-order valence-corrected chi connectivity index (χ3v) is 7.63. The van der Waals surface area contributed by atoms with Crippen LogP contribution in [0.1, 0.15) is 85.2 Å². The van der Waals surface area contributed by atoms with Gasteiger partial charge < -0.3 is 5.32 Å². The molecule has 226 valence electrons. The summed E-state index contributed by atoms with van der Waals surface area (Å²) in [5.41, 5.74) is 3.62. The van der Waals surface area contributed by atoms with Crippen LogP contribution in [0.15, 0.2) is 40.6 Å². The summed E-state index contributed by atoms with van der Waals surface area (Å²) in [5.74, 6) is 5.62. The average Bonchev–Trinajstić information content (AvgIpc) is 3.40. The lowest BCUT2D eigenvalue weighted by Gasteiger charge is -2.18. The van der Waals surface area contributed by atoms with Crippen molar-refractivity contribution in [2.24, 2.45) is 5.41 Å². The van der Waals surface area contributed by atoms with Crippen LogP contribution in [0.4, 0.5) is 10.1 Å². The minimum absolute atomic E-state index is 0.0228. The molecule has 1 aromatic carbocycles. The Kier molecular flexibility index (Phi) is 10.0. The van der Waals surface area contributed by atoms with Crippen LogP contribution in [-0.4, -0.2) is 26.9 Å². The first-order chi connectivity index (χ1) is 20.8. The predicted molar refractivity (Wildman–Crippen MR) is 176 cm³/mol. The normalized spacial score (nSPS) is 12.1. The number of aromatic nitrogens is 3. The molecular formula is C34H33ClFN5O2S. The summed E-state index contributed by atoms with van der Waals surface area (Å²) in [6.45, 7) is 12.9. The fraction of sp³-hybridized carbons (Fsp3) is 0.324. The van der Waals surface area contributed by atoms with E-state index >= 15 is 0 Å². The van der Waals surface area contributed by atoms with Gasteiger partial charge in [-0.05, 0) is 37.0 Å². The van der Waals surface area contributed by atoms with E-state index in [4.69, 9.17) is 11.6 Å². The fourth-order valence-corrected chi connectivity index (χ4v) is 5.80. The largest absolute Gasteiger partial charge is 0.380 e. The lowest BCUT2D eigenvalue weighted by molar-refractivity contribution is 0.0983. The highest BCUT2D eigenvalue weighted by atomic mass is 35.5. The molecule has 0 bridgehead atoms. The number of nitrogens with one attached hydrogen (secondary N) is 1. The van der Waals surface area contributed by atoms with Crippen molar-refractivity contribution in [2.45, 2.75) is 60.9 Å². The third-order valence-electron chi connectivity index (χ3n) is 6.39. The number of Topliss-reactive ketones (excluding diaryl/α,β-unsaturated/α-hetero) is 1. The Bertz CT molecular complexity index is 1950. The van der Waals surface area contributed by atoms with E-state index in [-0.39, 0.29) is 23.2 Å². The summed E-state index contributed by atoms with van der Waals surface area (Å²) in [7, 11) is 0. The summed E-state index contributed by atoms with van der Waals surface area (Å²) in [6, 6.07) is 7.10. The Hall–Kier alpha value is -4.31. The number of benzene rings is 1. The molecule has 0 spiro atoms. The van der Waals surface area contributed by atoms with E-state index < -0.39 is 17.1 Å². The van der Waals surface area contributed by atoms with Crippen LogP contribution in [0.2, 0.25) is 5.02 Å². The van der Waals surface area contributed by atoms with Gasteiger partial charge in [-0.15, -0.1) is 11.3 Å². The molecule has 0 radical (unpaired) electrons. The molecule has 0 fully saturated rings. The van der Waals surface area contributed by atoms with Gasteiger partial charge in [0.15, 0.2) is 5.78 Å². The Balaban J connectivity index is 0.000000818. The Morgan fingerprint density at radius 2 is 2.00 bits per heavy atom. The number of carbonyl (C=O) groups is 1. The molecular weight excluding hydrogens is 597 g/mol. The molecule has 1 aliphatic rings. The molecule has 0 aliphatic carbocycles. The highest BCUT2D eigenvalue weighted by molar-refractivity contribution is 7.12. The smallest absolute Gasteiger partial charge is 0.263 e. The number of thiophene rings is 1. The number of aryl methyl sites for hydroxylation is 1. The Labute approximate surface area is 265 Å². The Morgan fingerprint density at radius 3 is 2.68 bits per heavy atom. The van der Waals surface area contributed by atoms with Gasteiger partial charge in [-0.25, -0.2) is 9.97 Å². The first kappa shape index (κ1) is 32.6. The van der Waals surface area contributed by atoms with Crippen molar-refractivity contribution in [1.82, 2.24) is 14.5 Å². The molecule has 4 heterocycles.